The Morgan fingerprint density at radius 1 is 0.204 bits per heavy atom. The van der Waals surface area contributed by atoms with Gasteiger partial charge in [-0.25, -0.2) is 0 Å². The van der Waals surface area contributed by atoms with Crippen molar-refractivity contribution < 1.29 is 0 Å². The molecule has 54 heavy (non-hydrogen) atoms. The van der Waals surface area contributed by atoms with Crippen LogP contribution >= 0.6 is 0 Å². The molecule has 4 fully saturated rings. The Morgan fingerprint density at radius 2 is 0.389 bits per heavy atom. The lowest BCUT2D eigenvalue weighted by molar-refractivity contribution is 0.0335. The number of hydrogen-bond acceptors (Lipinski definition) is 0. The molecular formula is C54H108. The third kappa shape index (κ3) is 17.5. The Hall–Kier alpha value is 0. The van der Waals surface area contributed by atoms with Gasteiger partial charge in [0.1, 0.15) is 0 Å². The molecule has 0 aromatic heterocycles. The zero-order valence-electron chi connectivity index (χ0n) is 42.5. The van der Waals surface area contributed by atoms with Crippen LogP contribution in [-0.2, 0) is 0 Å². The van der Waals surface area contributed by atoms with Crippen LogP contribution in [0.15, 0.2) is 0 Å². The predicted molar refractivity (Wildman–Crippen MR) is 248 cm³/mol. The predicted octanol–water partition coefficient (Wildman–Crippen LogP) is 18.8. The lowest BCUT2D eigenvalue weighted by Gasteiger charge is -2.46. The summed E-state index contributed by atoms with van der Waals surface area (Å²) in [5.74, 6) is 7.53. The Kier molecular flexibility index (Phi) is 18.7. The first-order valence-electron chi connectivity index (χ1n) is 23.9. The molecule has 4 rings (SSSR count). The molecule has 8 atom stereocenters. The van der Waals surface area contributed by atoms with Gasteiger partial charge in [0.2, 0.25) is 0 Å². The van der Waals surface area contributed by atoms with Crippen molar-refractivity contribution >= 4 is 0 Å². The molecule has 0 heterocycles. The van der Waals surface area contributed by atoms with Gasteiger partial charge in [0, 0.05) is 0 Å². The van der Waals surface area contributed by atoms with Crippen LogP contribution in [0, 0.1) is 90.7 Å². The van der Waals surface area contributed by atoms with E-state index < -0.39 is 0 Å². The Labute approximate surface area is 345 Å². The summed E-state index contributed by atoms with van der Waals surface area (Å²) in [6, 6.07) is 0. The van der Waals surface area contributed by atoms with Crippen molar-refractivity contribution in [2.24, 2.45) is 90.7 Å². The van der Waals surface area contributed by atoms with Crippen LogP contribution in [0.3, 0.4) is 0 Å². The highest BCUT2D eigenvalue weighted by Gasteiger charge is 2.42. The zero-order valence-corrected chi connectivity index (χ0v) is 42.5. The molecule has 0 N–H and O–H groups in total. The minimum absolute atomic E-state index is 0.498. The first-order valence-corrected chi connectivity index (χ1v) is 23.9. The van der Waals surface area contributed by atoms with Crippen molar-refractivity contribution in [3.05, 3.63) is 0 Å². The van der Waals surface area contributed by atoms with E-state index in [-0.39, 0.29) is 0 Å². The van der Waals surface area contributed by atoms with E-state index in [0.717, 1.165) is 47.3 Å². The topological polar surface area (TPSA) is 0 Å². The molecular weight excluding hydrogens is 649 g/mol. The van der Waals surface area contributed by atoms with Gasteiger partial charge in [0.05, 0.1) is 0 Å². The van der Waals surface area contributed by atoms with Gasteiger partial charge < -0.3 is 0 Å². The fraction of sp³-hybridized carbons (Fsp3) is 1.00. The van der Waals surface area contributed by atoms with Gasteiger partial charge in [-0.05, 0) is 155 Å². The van der Waals surface area contributed by atoms with Gasteiger partial charge in [-0.15, -0.1) is 0 Å². The summed E-state index contributed by atoms with van der Waals surface area (Å²) in [6.45, 7) is 57.7. The van der Waals surface area contributed by atoms with Crippen molar-refractivity contribution in [1.82, 2.24) is 0 Å². The molecule has 324 valence electrons. The van der Waals surface area contributed by atoms with E-state index in [4.69, 9.17) is 0 Å². The zero-order chi connectivity index (χ0) is 42.5. The molecule has 0 saturated heterocycles. The second-order valence-corrected chi connectivity index (χ2v) is 28.3. The maximum absolute atomic E-state index is 2.42. The third-order valence-corrected chi connectivity index (χ3v) is 15.7. The first kappa shape index (κ1) is 52.0. The molecule has 0 aliphatic heterocycles. The molecule has 4 aliphatic rings. The van der Waals surface area contributed by atoms with Crippen LogP contribution < -0.4 is 0 Å². The molecule has 0 radical (unpaired) electrons. The fourth-order valence-electron chi connectivity index (χ4n) is 11.6. The van der Waals surface area contributed by atoms with Gasteiger partial charge in [-0.2, -0.15) is 0 Å². The van der Waals surface area contributed by atoms with Crippen LogP contribution in [0.5, 0.6) is 0 Å². The summed E-state index contributed by atoms with van der Waals surface area (Å²) >= 11 is 0. The van der Waals surface area contributed by atoms with E-state index in [0.29, 0.717) is 43.3 Å². The van der Waals surface area contributed by atoms with Gasteiger partial charge in [0.15, 0.2) is 0 Å². The molecule has 4 aliphatic carbocycles. The molecule has 4 saturated carbocycles. The van der Waals surface area contributed by atoms with Crippen molar-refractivity contribution in [2.45, 2.75) is 256 Å². The van der Waals surface area contributed by atoms with E-state index in [2.05, 4.69) is 166 Å². The lowest BCUT2D eigenvalue weighted by atomic mass is 9.59. The number of hydrogen-bond donors (Lipinski definition) is 0. The molecule has 0 aromatic rings. The highest BCUT2D eigenvalue weighted by Crippen LogP contribution is 2.52. The van der Waals surface area contributed by atoms with Crippen molar-refractivity contribution in [3.8, 4) is 0 Å². The summed E-state index contributed by atoms with van der Waals surface area (Å²) in [6.07, 6.45) is 20.3. The van der Waals surface area contributed by atoms with Crippen molar-refractivity contribution in [2.75, 3.05) is 0 Å². The Bertz CT molecular complexity index is 947. The molecule has 0 amide bonds. The van der Waals surface area contributed by atoms with E-state index in [9.17, 15) is 0 Å². The molecule has 0 bridgehead atoms. The maximum atomic E-state index is 2.42. The van der Waals surface area contributed by atoms with Gasteiger partial charge in [-0.3, -0.25) is 0 Å². The molecule has 0 nitrogen and oxygen atoms in total. The second kappa shape index (κ2) is 19.4. The van der Waals surface area contributed by atoms with Gasteiger partial charge >= 0.3 is 0 Å². The first-order chi connectivity index (χ1) is 23.9. The standard InChI is InChI=1S/2C14H28.2C13H26/c1-13(2,3)11-8-7-9-12(10-11)14(4,5)6;1-13(2,3)11-9-7-8-10-12(11)14(4,5)6;1-12(2,3)10-7-8-11(9-10)13(4,5)6;1-12(2,3)10-8-7-9-11(10)13(4,5)6/h2*11-12H,7-10H2,1-6H3;2*10-11H,7-9H2,1-6H3. The number of rotatable bonds is 0. The lowest BCUT2D eigenvalue weighted by Crippen LogP contribution is -2.38. The SMILES string of the molecule is CC(C)(C)C1CCC(C(C)(C)C)C1.CC(C)(C)C1CCCC(C(C)(C)C)C1.CC(C)(C)C1CCCC1C(C)(C)C.CC(C)(C)C1CCCCC1C(C)(C)C. The summed E-state index contributed by atoms with van der Waals surface area (Å²) < 4.78 is 0. The monoisotopic (exact) mass is 757 g/mol. The minimum Gasteiger partial charge on any atom is -0.0599 e. The third-order valence-electron chi connectivity index (χ3n) is 15.7. The van der Waals surface area contributed by atoms with Crippen molar-refractivity contribution in [1.29, 1.82) is 0 Å². The van der Waals surface area contributed by atoms with Gasteiger partial charge in [0.25, 0.3) is 0 Å². The van der Waals surface area contributed by atoms with Crippen molar-refractivity contribution in [3.63, 3.8) is 0 Å². The van der Waals surface area contributed by atoms with Gasteiger partial charge in [-0.1, -0.05) is 192 Å². The minimum atomic E-state index is 0.498. The fourth-order valence-corrected chi connectivity index (χ4v) is 11.6. The molecule has 8 unspecified atom stereocenters. The van der Waals surface area contributed by atoms with E-state index in [1.165, 1.54) is 89.9 Å². The normalized spacial score (nSPS) is 30.7. The quantitative estimate of drug-likeness (QED) is 0.231. The van der Waals surface area contributed by atoms with Crippen LogP contribution in [0.4, 0.5) is 0 Å². The average molecular weight is 757 g/mol. The molecule has 0 heteroatoms. The summed E-state index contributed by atoms with van der Waals surface area (Å²) in [7, 11) is 0. The maximum Gasteiger partial charge on any atom is -0.0332 e. The van der Waals surface area contributed by atoms with Crippen LogP contribution in [0.2, 0.25) is 0 Å². The summed E-state index contributed by atoms with van der Waals surface area (Å²) in [4.78, 5) is 0. The molecule has 0 spiro atoms. The highest BCUT2D eigenvalue weighted by atomic mass is 14.5. The largest absolute Gasteiger partial charge is 0.0599 e. The van der Waals surface area contributed by atoms with Crippen LogP contribution in [-0.4, -0.2) is 0 Å². The van der Waals surface area contributed by atoms with Crippen LogP contribution in [0.25, 0.3) is 0 Å². The van der Waals surface area contributed by atoms with E-state index >= 15 is 0 Å². The molecule has 0 aromatic carbocycles. The average Bonchev–Trinajstić information content (AvgIpc) is 3.68. The summed E-state index contributed by atoms with van der Waals surface area (Å²) in [5.41, 5.74) is 4.10. The summed E-state index contributed by atoms with van der Waals surface area (Å²) in [5, 5.41) is 0. The smallest absolute Gasteiger partial charge is 0.0332 e. The van der Waals surface area contributed by atoms with Crippen LogP contribution in [0.1, 0.15) is 256 Å². The van der Waals surface area contributed by atoms with E-state index in [1.54, 1.807) is 0 Å². The highest BCUT2D eigenvalue weighted by molar-refractivity contribution is 4.92. The Morgan fingerprint density at radius 3 is 0.574 bits per heavy atom. The Balaban J connectivity index is 0.000000360. The second-order valence-electron chi connectivity index (χ2n) is 28.3. The van der Waals surface area contributed by atoms with E-state index in [1.807, 2.05) is 0 Å².